The number of aromatic nitrogens is 1. The van der Waals surface area contributed by atoms with Crippen molar-refractivity contribution in [3.63, 3.8) is 0 Å². The van der Waals surface area contributed by atoms with Crippen molar-refractivity contribution in [1.82, 2.24) is 4.98 Å². The molecular formula is C13H12ClF2N3O2. The second-order valence-electron chi connectivity index (χ2n) is 4.00. The highest BCUT2D eigenvalue weighted by molar-refractivity contribution is 6.32. The van der Waals surface area contributed by atoms with E-state index in [4.69, 9.17) is 26.8 Å². The highest BCUT2D eigenvalue weighted by atomic mass is 35.5. The molecule has 0 atom stereocenters. The number of nitrogen functional groups attached to an aromatic ring is 1. The largest absolute Gasteiger partial charge is 0.495 e. The van der Waals surface area contributed by atoms with Gasteiger partial charge < -0.3 is 20.5 Å². The van der Waals surface area contributed by atoms with Gasteiger partial charge in [-0.15, -0.1) is 0 Å². The molecule has 0 unspecified atom stereocenters. The van der Waals surface area contributed by atoms with Crippen LogP contribution in [0.1, 0.15) is 0 Å². The zero-order valence-corrected chi connectivity index (χ0v) is 12.0. The second kappa shape index (κ2) is 6.01. The normalized spacial score (nSPS) is 10.3. The molecule has 0 saturated heterocycles. The summed E-state index contributed by atoms with van der Waals surface area (Å²) in [4.78, 5) is 3.61. The maximum Gasteiger partial charge on any atom is 0.169 e. The Hall–Kier alpha value is -2.28. The Balaban J connectivity index is 2.45. The quantitative estimate of drug-likeness (QED) is 0.905. The third-order valence-corrected chi connectivity index (χ3v) is 2.98. The maximum atomic E-state index is 13.7. The summed E-state index contributed by atoms with van der Waals surface area (Å²) in [6, 6.07) is 3.64. The van der Waals surface area contributed by atoms with Gasteiger partial charge in [0.15, 0.2) is 23.3 Å². The van der Waals surface area contributed by atoms with Crippen LogP contribution >= 0.6 is 11.6 Å². The van der Waals surface area contributed by atoms with Crippen molar-refractivity contribution in [3.05, 3.63) is 34.9 Å². The number of halogens is 3. The maximum absolute atomic E-state index is 13.7. The van der Waals surface area contributed by atoms with Gasteiger partial charge in [0.2, 0.25) is 0 Å². The first kappa shape index (κ1) is 15.1. The minimum atomic E-state index is -0.932. The number of nitrogens with two attached hydrogens (primary N) is 1. The molecule has 0 amide bonds. The SMILES string of the molecule is COc1cc(Nc2nc(N)c(F)cc2F)c(OC)cc1Cl. The molecule has 0 aliphatic heterocycles. The molecule has 0 saturated carbocycles. The fraction of sp³-hybridized carbons (Fsp3) is 0.154. The van der Waals surface area contributed by atoms with E-state index < -0.39 is 17.5 Å². The Kier molecular flexibility index (Phi) is 4.32. The third-order valence-electron chi connectivity index (χ3n) is 2.68. The van der Waals surface area contributed by atoms with Gasteiger partial charge in [-0.05, 0) is 0 Å². The molecule has 2 rings (SSSR count). The predicted molar refractivity (Wildman–Crippen MR) is 76.4 cm³/mol. The zero-order valence-electron chi connectivity index (χ0n) is 11.2. The van der Waals surface area contributed by atoms with Crippen molar-refractivity contribution in [2.24, 2.45) is 0 Å². The predicted octanol–water partition coefficient (Wildman–Crippen LogP) is 3.36. The van der Waals surface area contributed by atoms with Gasteiger partial charge in [0.05, 0.1) is 24.9 Å². The van der Waals surface area contributed by atoms with Crippen LogP contribution in [0.5, 0.6) is 11.5 Å². The van der Waals surface area contributed by atoms with Crippen molar-refractivity contribution < 1.29 is 18.3 Å². The number of rotatable bonds is 4. The molecule has 0 radical (unpaired) electrons. The number of nitrogens with one attached hydrogen (secondary N) is 1. The van der Waals surface area contributed by atoms with E-state index in [1.54, 1.807) is 0 Å². The van der Waals surface area contributed by atoms with Gasteiger partial charge >= 0.3 is 0 Å². The van der Waals surface area contributed by atoms with Crippen molar-refractivity contribution in [2.45, 2.75) is 0 Å². The van der Waals surface area contributed by atoms with E-state index in [1.165, 1.54) is 26.4 Å². The number of ether oxygens (including phenoxy) is 2. The number of hydrogen-bond acceptors (Lipinski definition) is 5. The Morgan fingerprint density at radius 2 is 1.76 bits per heavy atom. The highest BCUT2D eigenvalue weighted by Gasteiger charge is 2.14. The van der Waals surface area contributed by atoms with Crippen LogP contribution in [0.2, 0.25) is 5.02 Å². The number of methoxy groups -OCH3 is 2. The monoisotopic (exact) mass is 315 g/mol. The topological polar surface area (TPSA) is 69.4 Å². The lowest BCUT2D eigenvalue weighted by molar-refractivity contribution is 0.405. The summed E-state index contributed by atoms with van der Waals surface area (Å²) >= 11 is 5.97. The van der Waals surface area contributed by atoms with E-state index in [0.717, 1.165) is 0 Å². The average molecular weight is 316 g/mol. The molecule has 0 aliphatic rings. The van der Waals surface area contributed by atoms with Crippen LogP contribution in [-0.4, -0.2) is 19.2 Å². The molecule has 5 nitrogen and oxygen atoms in total. The summed E-state index contributed by atoms with van der Waals surface area (Å²) in [6.45, 7) is 0. The van der Waals surface area contributed by atoms with Crippen LogP contribution in [0, 0.1) is 11.6 Å². The summed E-state index contributed by atoms with van der Waals surface area (Å²) in [7, 11) is 2.86. The number of pyridine rings is 1. The number of anilines is 3. The van der Waals surface area contributed by atoms with Crippen LogP contribution in [0.3, 0.4) is 0 Å². The minimum absolute atomic E-state index is 0.239. The lowest BCUT2D eigenvalue weighted by atomic mass is 10.2. The fourth-order valence-corrected chi connectivity index (χ4v) is 1.88. The molecular weight excluding hydrogens is 304 g/mol. The van der Waals surface area contributed by atoms with Crippen molar-refractivity contribution >= 4 is 28.9 Å². The van der Waals surface area contributed by atoms with Crippen LogP contribution in [0.15, 0.2) is 18.2 Å². The zero-order chi connectivity index (χ0) is 15.6. The van der Waals surface area contributed by atoms with Crippen molar-refractivity contribution in [2.75, 3.05) is 25.3 Å². The van der Waals surface area contributed by atoms with E-state index in [1.807, 2.05) is 0 Å². The molecule has 8 heteroatoms. The second-order valence-corrected chi connectivity index (χ2v) is 4.41. The summed E-state index contributed by atoms with van der Waals surface area (Å²) in [5, 5.41) is 2.99. The first-order valence-electron chi connectivity index (χ1n) is 5.76. The van der Waals surface area contributed by atoms with E-state index in [0.29, 0.717) is 28.3 Å². The van der Waals surface area contributed by atoms with E-state index in [9.17, 15) is 8.78 Å². The summed E-state index contributed by atoms with van der Waals surface area (Å²) in [6.07, 6.45) is 0. The van der Waals surface area contributed by atoms with Crippen molar-refractivity contribution in [1.29, 1.82) is 0 Å². The van der Waals surface area contributed by atoms with Gasteiger partial charge in [-0.2, -0.15) is 0 Å². The van der Waals surface area contributed by atoms with Crippen LogP contribution in [0.25, 0.3) is 0 Å². The van der Waals surface area contributed by atoms with Crippen LogP contribution in [0.4, 0.5) is 26.1 Å². The molecule has 2 aromatic rings. The van der Waals surface area contributed by atoms with Gasteiger partial charge in [0.25, 0.3) is 0 Å². The smallest absolute Gasteiger partial charge is 0.169 e. The summed E-state index contributed by atoms with van der Waals surface area (Å²) < 4.78 is 37.0. The van der Waals surface area contributed by atoms with E-state index in [-0.39, 0.29) is 5.82 Å². The van der Waals surface area contributed by atoms with Crippen molar-refractivity contribution in [3.8, 4) is 11.5 Å². The van der Waals surface area contributed by atoms with E-state index in [2.05, 4.69) is 10.3 Å². The van der Waals surface area contributed by atoms with Crippen LogP contribution in [-0.2, 0) is 0 Å². The summed E-state index contributed by atoms with van der Waals surface area (Å²) in [5.41, 5.74) is 5.67. The van der Waals surface area contributed by atoms with Gasteiger partial charge in [0, 0.05) is 18.2 Å². The Morgan fingerprint density at radius 3 is 2.38 bits per heavy atom. The molecule has 0 bridgehead atoms. The molecule has 0 aliphatic carbocycles. The molecule has 1 heterocycles. The lowest BCUT2D eigenvalue weighted by Gasteiger charge is -2.14. The Labute approximate surface area is 124 Å². The molecule has 1 aromatic carbocycles. The minimum Gasteiger partial charge on any atom is -0.495 e. The Morgan fingerprint density at radius 1 is 1.10 bits per heavy atom. The fourth-order valence-electron chi connectivity index (χ4n) is 1.65. The molecule has 3 N–H and O–H groups in total. The molecule has 0 spiro atoms. The van der Waals surface area contributed by atoms with E-state index >= 15 is 0 Å². The Bertz CT molecular complexity index is 683. The average Bonchev–Trinajstić information content (AvgIpc) is 2.45. The number of benzene rings is 1. The third kappa shape index (κ3) is 3.08. The van der Waals surface area contributed by atoms with Gasteiger partial charge in [-0.3, -0.25) is 0 Å². The number of nitrogens with zero attached hydrogens (tertiary/aromatic N) is 1. The highest BCUT2D eigenvalue weighted by Crippen LogP contribution is 2.37. The first-order valence-corrected chi connectivity index (χ1v) is 6.14. The van der Waals surface area contributed by atoms with Gasteiger partial charge in [0.1, 0.15) is 11.5 Å². The number of hydrogen-bond donors (Lipinski definition) is 2. The first-order chi connectivity index (χ1) is 9.96. The standard InChI is InChI=1S/C13H12ClF2N3O2/c1-20-10-5-9(11(21-2)3-6(10)14)18-13-8(16)4-7(15)12(17)19-13/h3-5H,1-2H3,(H3,17,18,19). The molecule has 1 aromatic heterocycles. The van der Waals surface area contributed by atoms with Gasteiger partial charge in [-0.25, -0.2) is 13.8 Å². The molecule has 0 fully saturated rings. The van der Waals surface area contributed by atoms with Crippen LogP contribution < -0.4 is 20.5 Å². The lowest BCUT2D eigenvalue weighted by Crippen LogP contribution is -2.04. The van der Waals surface area contributed by atoms with Gasteiger partial charge in [-0.1, -0.05) is 11.6 Å². The molecule has 112 valence electrons. The summed E-state index contributed by atoms with van der Waals surface area (Å²) in [5.74, 6) is -1.79. The molecule has 21 heavy (non-hydrogen) atoms.